The predicted octanol–water partition coefficient (Wildman–Crippen LogP) is 5.19. The molecule has 2 rings (SSSR count). The fourth-order valence-corrected chi connectivity index (χ4v) is 4.50. The van der Waals surface area contributed by atoms with Gasteiger partial charge in [0.1, 0.15) is 0 Å². The van der Waals surface area contributed by atoms with Crippen LogP contribution in [0.4, 0.5) is 0 Å². The summed E-state index contributed by atoms with van der Waals surface area (Å²) >= 11 is 0. The smallest absolute Gasteiger partial charge is 0.0976 e. The van der Waals surface area contributed by atoms with E-state index in [9.17, 15) is 8.42 Å². The Balaban J connectivity index is 2.57. The van der Waals surface area contributed by atoms with E-state index in [1.165, 1.54) is 0 Å². The average molecular weight is 449 g/mol. The van der Waals surface area contributed by atoms with Gasteiger partial charge < -0.3 is 0 Å². The van der Waals surface area contributed by atoms with Crippen LogP contribution in [0.1, 0.15) is 75.9 Å². The zero-order chi connectivity index (χ0) is 22.7. The third-order valence-electron chi connectivity index (χ3n) is 4.79. The van der Waals surface area contributed by atoms with Crippen LogP contribution in [0.15, 0.2) is 48.5 Å². The van der Waals surface area contributed by atoms with Gasteiger partial charge >= 0.3 is 0 Å². The third kappa shape index (κ3) is 6.84. The summed E-state index contributed by atoms with van der Waals surface area (Å²) in [7, 11) is -2.59. The van der Waals surface area contributed by atoms with E-state index in [0.717, 1.165) is 22.3 Å². The van der Waals surface area contributed by atoms with Crippen LogP contribution in [0.5, 0.6) is 0 Å². The second kappa shape index (κ2) is 9.86. The fourth-order valence-electron chi connectivity index (χ4n) is 2.79. The lowest BCUT2D eigenvalue weighted by Crippen LogP contribution is -2.44. The highest BCUT2D eigenvalue weighted by atomic mass is 32.2. The van der Waals surface area contributed by atoms with Crippen molar-refractivity contribution in [1.82, 2.24) is 9.44 Å². The molecule has 0 aliphatic rings. The molecule has 0 aromatic heterocycles. The summed E-state index contributed by atoms with van der Waals surface area (Å²) in [6.45, 7) is 15.8. The Morgan fingerprint density at radius 2 is 0.867 bits per heavy atom. The first-order valence-corrected chi connectivity index (χ1v) is 12.6. The zero-order valence-electron chi connectivity index (χ0n) is 19.4. The van der Waals surface area contributed by atoms with Gasteiger partial charge in [-0.05, 0) is 66.5 Å². The Bertz CT molecular complexity index is 804. The minimum Gasteiger partial charge on any atom is -0.242 e. The maximum Gasteiger partial charge on any atom is 0.0976 e. The molecule has 0 fully saturated rings. The lowest BCUT2D eigenvalue weighted by atomic mass is 9.94. The summed E-state index contributed by atoms with van der Waals surface area (Å²) < 4.78 is 32.0. The first-order chi connectivity index (χ1) is 13.8. The second-order valence-electron chi connectivity index (χ2n) is 9.77. The van der Waals surface area contributed by atoms with Gasteiger partial charge in [-0.25, -0.2) is 17.9 Å². The molecule has 0 aliphatic carbocycles. The monoisotopic (exact) mass is 448 g/mol. The van der Waals surface area contributed by atoms with Gasteiger partial charge in [0.05, 0.1) is 43.5 Å². The van der Waals surface area contributed by atoms with E-state index in [4.69, 9.17) is 0 Å². The molecule has 0 aliphatic heterocycles. The normalized spacial score (nSPS) is 16.7. The molecule has 2 aromatic carbocycles. The molecule has 2 N–H and O–H groups in total. The maximum atomic E-state index is 13.1. The number of benzene rings is 2. The fraction of sp³-hybridized carbons (Fsp3) is 0.500. The first-order valence-electron chi connectivity index (χ1n) is 10.3. The minimum absolute atomic E-state index is 0.320. The van der Waals surface area contributed by atoms with Crippen LogP contribution >= 0.6 is 0 Å². The zero-order valence-corrected chi connectivity index (χ0v) is 21.0. The Labute approximate surface area is 187 Å². The van der Waals surface area contributed by atoms with Crippen LogP contribution in [-0.4, -0.2) is 17.9 Å². The number of hydrogen-bond donors (Lipinski definition) is 2. The summed E-state index contributed by atoms with van der Waals surface area (Å²) in [5.41, 5.74) is 4.32. The molecule has 0 heterocycles. The molecule has 0 amide bonds. The molecular weight excluding hydrogens is 412 g/mol. The number of nitrogens with one attached hydrogen (secondary N) is 2. The van der Waals surface area contributed by atoms with Crippen LogP contribution in [-0.2, 0) is 22.0 Å². The van der Waals surface area contributed by atoms with Crippen molar-refractivity contribution in [3.05, 3.63) is 70.8 Å². The molecule has 4 nitrogen and oxygen atoms in total. The second-order valence-corrected chi connectivity index (χ2v) is 13.8. The molecule has 6 heteroatoms. The number of aryl methyl sites for hydroxylation is 2. The highest BCUT2D eigenvalue weighted by molar-refractivity contribution is 7.84. The van der Waals surface area contributed by atoms with Crippen LogP contribution in [0.25, 0.3) is 0 Å². The molecular formula is C24H36N2O2S2. The molecule has 0 spiro atoms. The molecule has 0 radical (unpaired) electrons. The Morgan fingerprint density at radius 1 is 0.600 bits per heavy atom. The maximum absolute atomic E-state index is 13.1. The van der Waals surface area contributed by atoms with E-state index in [2.05, 4.69) is 58.0 Å². The van der Waals surface area contributed by atoms with Crippen LogP contribution in [0, 0.1) is 13.8 Å². The quantitative estimate of drug-likeness (QED) is 0.612. The standard InChI is InChI=1S/C24H36N2O2S2/c1-17-9-13-19(14-10-17)21(25-29(27)23(3,4)5)22(26-30(28)24(6,7)8)20-15-11-18(2)12-16-20/h9-16,21-22,25-26H,1-8H3/t21-,22-,29+,30+/m0/s1. The van der Waals surface area contributed by atoms with Gasteiger partial charge in [0.25, 0.3) is 0 Å². The molecule has 0 saturated carbocycles. The molecule has 4 atom stereocenters. The van der Waals surface area contributed by atoms with Crippen LogP contribution in [0.2, 0.25) is 0 Å². The Kier molecular flexibility index (Phi) is 8.19. The number of hydrogen-bond acceptors (Lipinski definition) is 2. The van der Waals surface area contributed by atoms with E-state index in [0.29, 0.717) is 0 Å². The van der Waals surface area contributed by atoms with Gasteiger partial charge in [0.2, 0.25) is 0 Å². The topological polar surface area (TPSA) is 58.2 Å². The van der Waals surface area contributed by atoms with Crippen molar-refractivity contribution in [3.8, 4) is 0 Å². The molecule has 2 aromatic rings. The predicted molar refractivity (Wildman–Crippen MR) is 130 cm³/mol. The summed E-state index contributed by atoms with van der Waals surface area (Å²) in [5.74, 6) is 0. The van der Waals surface area contributed by atoms with Gasteiger partial charge in [0, 0.05) is 0 Å². The minimum atomic E-state index is -1.30. The highest BCUT2D eigenvalue weighted by Crippen LogP contribution is 2.32. The van der Waals surface area contributed by atoms with Crippen molar-refractivity contribution in [2.45, 2.75) is 77.0 Å². The van der Waals surface area contributed by atoms with Gasteiger partial charge in [-0.2, -0.15) is 0 Å². The van der Waals surface area contributed by atoms with Gasteiger partial charge in [-0.1, -0.05) is 59.7 Å². The summed E-state index contributed by atoms with van der Waals surface area (Å²) in [5, 5.41) is 0. The van der Waals surface area contributed by atoms with Crippen molar-refractivity contribution >= 4 is 22.0 Å². The van der Waals surface area contributed by atoms with Crippen molar-refractivity contribution in [1.29, 1.82) is 0 Å². The van der Waals surface area contributed by atoms with E-state index in [-0.39, 0.29) is 12.1 Å². The largest absolute Gasteiger partial charge is 0.242 e. The summed E-state index contributed by atoms with van der Waals surface area (Å²) in [6.07, 6.45) is 0. The van der Waals surface area contributed by atoms with Gasteiger partial charge in [-0.15, -0.1) is 0 Å². The van der Waals surface area contributed by atoms with E-state index >= 15 is 0 Å². The van der Waals surface area contributed by atoms with Gasteiger partial charge in [0.15, 0.2) is 0 Å². The first kappa shape index (κ1) is 24.9. The van der Waals surface area contributed by atoms with E-state index in [1.807, 2.05) is 55.4 Å². The lowest BCUT2D eigenvalue weighted by Gasteiger charge is -2.33. The van der Waals surface area contributed by atoms with Crippen molar-refractivity contribution < 1.29 is 8.42 Å². The molecule has 0 saturated heterocycles. The van der Waals surface area contributed by atoms with Crippen molar-refractivity contribution in [2.24, 2.45) is 0 Å². The molecule has 0 unspecified atom stereocenters. The van der Waals surface area contributed by atoms with Crippen molar-refractivity contribution in [2.75, 3.05) is 0 Å². The molecule has 0 bridgehead atoms. The third-order valence-corrected chi connectivity index (χ3v) is 7.95. The summed E-state index contributed by atoms with van der Waals surface area (Å²) in [6, 6.07) is 15.8. The van der Waals surface area contributed by atoms with Crippen molar-refractivity contribution in [3.63, 3.8) is 0 Å². The average Bonchev–Trinajstić information content (AvgIpc) is 2.64. The summed E-state index contributed by atoms with van der Waals surface area (Å²) in [4.78, 5) is 0. The Morgan fingerprint density at radius 3 is 1.10 bits per heavy atom. The van der Waals surface area contributed by atoms with E-state index < -0.39 is 31.5 Å². The molecule has 166 valence electrons. The SMILES string of the molecule is Cc1ccc([C@H](N[S@](=O)C(C)(C)C)[C@@H](N[S@](=O)C(C)(C)C)c2ccc(C)cc2)cc1. The van der Waals surface area contributed by atoms with Crippen LogP contribution < -0.4 is 9.44 Å². The highest BCUT2D eigenvalue weighted by Gasteiger charge is 2.33. The molecule has 30 heavy (non-hydrogen) atoms. The van der Waals surface area contributed by atoms with Crippen LogP contribution in [0.3, 0.4) is 0 Å². The lowest BCUT2D eigenvalue weighted by molar-refractivity contribution is 0.485. The van der Waals surface area contributed by atoms with E-state index in [1.54, 1.807) is 0 Å². The number of rotatable bonds is 7. The Hall–Kier alpha value is -1.34. The van der Waals surface area contributed by atoms with Gasteiger partial charge in [-0.3, -0.25) is 0 Å².